The van der Waals surface area contributed by atoms with Crippen molar-refractivity contribution in [3.8, 4) is 0 Å². The Morgan fingerprint density at radius 1 is 1.12 bits per heavy atom. The minimum Gasteiger partial charge on any atom is -0.391 e. The maximum absolute atomic E-state index is 13.1. The van der Waals surface area contributed by atoms with Crippen molar-refractivity contribution >= 4 is 5.91 Å². The molecule has 0 spiro atoms. The third-order valence-corrected chi connectivity index (χ3v) is 5.66. The van der Waals surface area contributed by atoms with E-state index in [1.54, 1.807) is 0 Å². The maximum atomic E-state index is 13.1. The van der Waals surface area contributed by atoms with E-state index < -0.39 is 0 Å². The fraction of sp³-hybridized carbons (Fsp3) is 0.789. The van der Waals surface area contributed by atoms with Crippen LogP contribution in [0.5, 0.6) is 0 Å². The zero-order valence-electron chi connectivity index (χ0n) is 16.2. The highest BCUT2D eigenvalue weighted by Crippen LogP contribution is 2.26. The number of carbonyl (C=O) groups excluding carboxylic acids is 1. The van der Waals surface area contributed by atoms with Crippen LogP contribution in [0.4, 0.5) is 0 Å². The van der Waals surface area contributed by atoms with Gasteiger partial charge in [-0.3, -0.25) is 14.4 Å². The highest BCUT2D eigenvalue weighted by Gasteiger charge is 2.34. The molecule has 2 atom stereocenters. The Hall–Kier alpha value is -1.40. The monoisotopic (exact) mass is 348 g/mol. The molecule has 1 amide bonds. The van der Waals surface area contributed by atoms with Crippen LogP contribution >= 0.6 is 0 Å². The van der Waals surface area contributed by atoms with Crippen LogP contribution in [-0.2, 0) is 5.54 Å². The molecule has 1 aromatic heterocycles. The van der Waals surface area contributed by atoms with E-state index in [0.29, 0.717) is 0 Å². The van der Waals surface area contributed by atoms with Crippen molar-refractivity contribution in [1.82, 2.24) is 19.6 Å². The molecule has 3 rings (SSSR count). The zero-order chi connectivity index (χ0) is 18.4. The van der Waals surface area contributed by atoms with Crippen LogP contribution in [0.15, 0.2) is 0 Å². The lowest BCUT2D eigenvalue weighted by Gasteiger charge is -2.39. The molecule has 140 valence electrons. The van der Waals surface area contributed by atoms with Crippen LogP contribution < -0.4 is 0 Å². The number of carbonyl (C=O) groups is 1. The van der Waals surface area contributed by atoms with Crippen molar-refractivity contribution in [3.63, 3.8) is 0 Å². The summed E-state index contributed by atoms with van der Waals surface area (Å²) < 4.78 is 1.96. The first kappa shape index (κ1) is 18.4. The van der Waals surface area contributed by atoms with Gasteiger partial charge in [-0.25, -0.2) is 0 Å². The number of piperazine rings is 1. The first-order valence-electron chi connectivity index (χ1n) is 9.48. The molecule has 25 heavy (non-hydrogen) atoms. The van der Waals surface area contributed by atoms with Crippen LogP contribution in [0.1, 0.15) is 61.8 Å². The highest BCUT2D eigenvalue weighted by atomic mass is 16.3. The van der Waals surface area contributed by atoms with Gasteiger partial charge in [0.05, 0.1) is 22.9 Å². The van der Waals surface area contributed by atoms with Crippen molar-refractivity contribution in [2.24, 2.45) is 0 Å². The number of aromatic nitrogens is 2. The van der Waals surface area contributed by atoms with Gasteiger partial charge in [-0.15, -0.1) is 0 Å². The SMILES string of the molecule is Cc1nn(C(C)(C)C)c(C)c1C(=O)N1CCN([C@H]2CCC[C@@H]2O)CC1. The average molecular weight is 348 g/mol. The molecule has 1 N–H and O–H groups in total. The molecule has 2 fully saturated rings. The highest BCUT2D eigenvalue weighted by molar-refractivity contribution is 5.96. The van der Waals surface area contributed by atoms with Gasteiger partial charge in [-0.1, -0.05) is 0 Å². The number of nitrogens with zero attached hydrogens (tertiary/aromatic N) is 4. The summed E-state index contributed by atoms with van der Waals surface area (Å²) in [7, 11) is 0. The van der Waals surface area contributed by atoms with Crippen LogP contribution in [-0.4, -0.2) is 68.9 Å². The quantitative estimate of drug-likeness (QED) is 0.887. The van der Waals surface area contributed by atoms with E-state index in [2.05, 4.69) is 30.8 Å². The predicted octanol–water partition coefficient (Wildman–Crippen LogP) is 1.93. The number of hydrogen-bond donors (Lipinski definition) is 1. The summed E-state index contributed by atoms with van der Waals surface area (Å²) in [5.74, 6) is 0.0946. The fourth-order valence-electron chi connectivity index (χ4n) is 4.37. The smallest absolute Gasteiger partial charge is 0.257 e. The molecule has 1 aliphatic heterocycles. The topological polar surface area (TPSA) is 61.6 Å². The second kappa shape index (κ2) is 6.72. The van der Waals surface area contributed by atoms with Gasteiger partial charge in [0.15, 0.2) is 0 Å². The zero-order valence-corrected chi connectivity index (χ0v) is 16.2. The molecule has 2 aliphatic rings. The molecule has 0 aromatic carbocycles. The maximum Gasteiger partial charge on any atom is 0.257 e. The first-order chi connectivity index (χ1) is 11.7. The van der Waals surface area contributed by atoms with E-state index >= 15 is 0 Å². The number of aliphatic hydroxyl groups is 1. The van der Waals surface area contributed by atoms with Gasteiger partial charge < -0.3 is 10.0 Å². The number of aryl methyl sites for hydroxylation is 1. The van der Waals surface area contributed by atoms with Gasteiger partial charge in [0.25, 0.3) is 5.91 Å². The summed E-state index contributed by atoms with van der Waals surface area (Å²) in [5, 5.41) is 14.7. The summed E-state index contributed by atoms with van der Waals surface area (Å²) in [4.78, 5) is 17.4. The van der Waals surface area contributed by atoms with Crippen molar-refractivity contribution in [1.29, 1.82) is 0 Å². The summed E-state index contributed by atoms with van der Waals surface area (Å²) >= 11 is 0. The van der Waals surface area contributed by atoms with Crippen molar-refractivity contribution in [2.75, 3.05) is 26.2 Å². The van der Waals surface area contributed by atoms with Crippen LogP contribution in [0.25, 0.3) is 0 Å². The summed E-state index contributed by atoms with van der Waals surface area (Å²) in [5.41, 5.74) is 2.38. The summed E-state index contributed by atoms with van der Waals surface area (Å²) in [6.07, 6.45) is 2.90. The second-order valence-electron chi connectivity index (χ2n) is 8.52. The second-order valence-corrected chi connectivity index (χ2v) is 8.52. The van der Waals surface area contributed by atoms with E-state index in [9.17, 15) is 9.90 Å². The summed E-state index contributed by atoms with van der Waals surface area (Å²) in [6.45, 7) is 13.4. The molecule has 0 radical (unpaired) electrons. The van der Waals surface area contributed by atoms with E-state index in [4.69, 9.17) is 0 Å². The molecule has 1 aromatic rings. The van der Waals surface area contributed by atoms with Crippen molar-refractivity contribution in [3.05, 3.63) is 17.0 Å². The third-order valence-electron chi connectivity index (χ3n) is 5.66. The van der Waals surface area contributed by atoms with Crippen LogP contribution in [0.2, 0.25) is 0 Å². The lowest BCUT2D eigenvalue weighted by molar-refractivity contribution is 0.0315. The Balaban J connectivity index is 1.70. The lowest BCUT2D eigenvalue weighted by atomic mass is 10.1. The molecule has 6 nitrogen and oxygen atoms in total. The van der Waals surface area contributed by atoms with Gasteiger partial charge in [-0.2, -0.15) is 5.10 Å². The molecule has 1 aliphatic carbocycles. The van der Waals surface area contributed by atoms with E-state index in [1.807, 2.05) is 23.4 Å². The molecule has 2 heterocycles. The van der Waals surface area contributed by atoms with Gasteiger partial charge in [0.1, 0.15) is 0 Å². The average Bonchev–Trinajstić information content (AvgIpc) is 3.10. The Morgan fingerprint density at radius 2 is 1.76 bits per heavy atom. The minimum atomic E-state index is -0.197. The molecule has 0 bridgehead atoms. The summed E-state index contributed by atoms with van der Waals surface area (Å²) in [6, 6.07) is 0.282. The Labute approximate surface area is 150 Å². The van der Waals surface area contributed by atoms with E-state index in [-0.39, 0.29) is 23.6 Å². The molecular formula is C19H32N4O2. The van der Waals surface area contributed by atoms with Crippen molar-refractivity contribution in [2.45, 2.75) is 71.6 Å². The third kappa shape index (κ3) is 3.47. The minimum absolute atomic E-state index is 0.0946. The van der Waals surface area contributed by atoms with Gasteiger partial charge >= 0.3 is 0 Å². The largest absolute Gasteiger partial charge is 0.391 e. The number of hydrogen-bond acceptors (Lipinski definition) is 4. The molecule has 1 saturated heterocycles. The molecule has 6 heteroatoms. The first-order valence-corrected chi connectivity index (χ1v) is 9.48. The fourth-order valence-corrected chi connectivity index (χ4v) is 4.37. The van der Waals surface area contributed by atoms with Crippen LogP contribution in [0, 0.1) is 13.8 Å². The van der Waals surface area contributed by atoms with Crippen molar-refractivity contribution < 1.29 is 9.90 Å². The Kier molecular flexibility index (Phi) is 4.95. The standard InChI is InChI=1S/C19H32N4O2/c1-13-17(14(2)23(20-13)19(3,4)5)18(25)22-11-9-21(10-12-22)15-7-6-8-16(15)24/h15-16,24H,6-12H2,1-5H3/t15-,16-/m0/s1. The van der Waals surface area contributed by atoms with Crippen LogP contribution in [0.3, 0.4) is 0 Å². The number of amides is 1. The molecule has 0 unspecified atom stereocenters. The molecular weight excluding hydrogens is 316 g/mol. The Bertz CT molecular complexity index is 639. The Morgan fingerprint density at radius 3 is 2.24 bits per heavy atom. The van der Waals surface area contributed by atoms with E-state index in [1.165, 1.54) is 0 Å². The van der Waals surface area contributed by atoms with E-state index in [0.717, 1.165) is 62.4 Å². The molecule has 1 saturated carbocycles. The number of aliphatic hydroxyl groups excluding tert-OH is 1. The predicted molar refractivity (Wildman–Crippen MR) is 97.8 cm³/mol. The van der Waals surface area contributed by atoms with Gasteiger partial charge in [0, 0.05) is 37.9 Å². The normalized spacial score (nSPS) is 25.6. The lowest BCUT2D eigenvalue weighted by Crippen LogP contribution is -2.53. The number of rotatable bonds is 2. The van der Waals surface area contributed by atoms with Gasteiger partial charge in [0.2, 0.25) is 0 Å². The van der Waals surface area contributed by atoms with Gasteiger partial charge in [-0.05, 0) is 53.9 Å².